The predicted octanol–water partition coefficient (Wildman–Crippen LogP) is 2.58. The topological polar surface area (TPSA) is 68.7 Å². The smallest absolute Gasteiger partial charge is 0.341 e. The molecule has 0 amide bonds. The van der Waals surface area contributed by atoms with E-state index < -0.39 is 5.97 Å². The van der Waals surface area contributed by atoms with E-state index >= 15 is 0 Å². The number of hydrogen-bond acceptors (Lipinski definition) is 4. The van der Waals surface area contributed by atoms with Gasteiger partial charge < -0.3 is 14.6 Å². The molecule has 0 fully saturated rings. The van der Waals surface area contributed by atoms with E-state index in [0.29, 0.717) is 11.5 Å². The lowest BCUT2D eigenvalue weighted by Crippen LogP contribution is -2.01. The number of carboxylic acids is 1. The predicted molar refractivity (Wildman–Crippen MR) is 64.3 cm³/mol. The van der Waals surface area contributed by atoms with Crippen LogP contribution in [0.15, 0.2) is 42.6 Å². The number of methoxy groups -OCH3 is 1. The van der Waals surface area contributed by atoms with Crippen molar-refractivity contribution in [3.8, 4) is 17.4 Å². The highest BCUT2D eigenvalue weighted by molar-refractivity contribution is 5.90. The second-order valence-electron chi connectivity index (χ2n) is 3.44. The van der Waals surface area contributed by atoms with Crippen molar-refractivity contribution in [2.75, 3.05) is 7.11 Å². The van der Waals surface area contributed by atoms with Crippen LogP contribution in [0.3, 0.4) is 0 Å². The molecule has 0 aliphatic heterocycles. The van der Waals surface area contributed by atoms with Gasteiger partial charge in [-0.3, -0.25) is 0 Å². The molecule has 1 N–H and O–H groups in total. The van der Waals surface area contributed by atoms with E-state index in [-0.39, 0.29) is 11.4 Å². The molecule has 0 saturated heterocycles. The van der Waals surface area contributed by atoms with Crippen molar-refractivity contribution in [1.29, 1.82) is 0 Å². The van der Waals surface area contributed by atoms with Gasteiger partial charge in [0, 0.05) is 12.3 Å². The molecule has 0 atom stereocenters. The second kappa shape index (κ2) is 5.18. The Bertz CT molecular complexity index is 568. The van der Waals surface area contributed by atoms with Gasteiger partial charge in [0.25, 0.3) is 0 Å². The largest absolute Gasteiger partial charge is 0.497 e. The molecule has 5 nitrogen and oxygen atoms in total. The zero-order chi connectivity index (χ0) is 13.0. The molecule has 92 valence electrons. The minimum absolute atomic E-state index is 0.0142. The molecule has 0 aliphatic rings. The molecule has 0 radical (unpaired) electrons. The maximum Gasteiger partial charge on any atom is 0.341 e. The first-order chi connectivity index (χ1) is 8.70. The molecule has 2 rings (SSSR count). The van der Waals surface area contributed by atoms with E-state index in [0.717, 1.165) is 0 Å². The number of carbonyl (C=O) groups is 1. The number of aromatic carboxylic acids is 1. The highest BCUT2D eigenvalue weighted by Gasteiger charge is 2.12. The molecule has 1 heterocycles. The molecule has 18 heavy (non-hydrogen) atoms. The van der Waals surface area contributed by atoms with Crippen molar-refractivity contribution in [2.24, 2.45) is 0 Å². The van der Waals surface area contributed by atoms with E-state index in [1.807, 2.05) is 0 Å². The second-order valence-corrected chi connectivity index (χ2v) is 3.44. The maximum atomic E-state index is 11.0. The quantitative estimate of drug-likeness (QED) is 0.896. The highest BCUT2D eigenvalue weighted by Crippen LogP contribution is 2.25. The molecule has 0 bridgehead atoms. The molecule has 0 saturated carbocycles. The van der Waals surface area contributed by atoms with Gasteiger partial charge in [0.1, 0.15) is 17.1 Å². The first-order valence-electron chi connectivity index (χ1n) is 5.21. The summed E-state index contributed by atoms with van der Waals surface area (Å²) in [5.74, 6) is 0.0649. The summed E-state index contributed by atoms with van der Waals surface area (Å²) in [4.78, 5) is 14.9. The Balaban J connectivity index is 2.31. The van der Waals surface area contributed by atoms with Crippen LogP contribution in [0.4, 0.5) is 0 Å². The number of hydrogen-bond donors (Lipinski definition) is 1. The summed E-state index contributed by atoms with van der Waals surface area (Å²) < 4.78 is 10.5. The average molecular weight is 245 g/mol. The van der Waals surface area contributed by atoms with Crippen molar-refractivity contribution >= 4 is 5.97 Å². The van der Waals surface area contributed by atoms with E-state index in [1.165, 1.54) is 12.3 Å². The lowest BCUT2D eigenvalue weighted by molar-refractivity contribution is 0.0693. The Hall–Kier alpha value is -2.56. The first kappa shape index (κ1) is 11.9. The fraction of sp³-hybridized carbons (Fsp3) is 0.0769. The Labute approximate surface area is 104 Å². The fourth-order valence-electron chi connectivity index (χ4n) is 1.41. The summed E-state index contributed by atoms with van der Waals surface area (Å²) in [6.45, 7) is 0. The van der Waals surface area contributed by atoms with Gasteiger partial charge in [-0.2, -0.15) is 0 Å². The summed E-state index contributed by atoms with van der Waals surface area (Å²) in [5.41, 5.74) is 0.0142. The standard InChI is InChI=1S/C13H11NO4/c1-17-9-4-2-5-10(8-9)18-12-11(13(15)16)6-3-7-14-12/h2-8H,1H3,(H,15,16). The molecule has 1 aromatic carbocycles. The zero-order valence-electron chi connectivity index (χ0n) is 9.66. The van der Waals surface area contributed by atoms with Crippen LogP contribution in [0.25, 0.3) is 0 Å². The first-order valence-corrected chi connectivity index (χ1v) is 5.21. The minimum atomic E-state index is -1.08. The average Bonchev–Trinajstić information content (AvgIpc) is 2.39. The lowest BCUT2D eigenvalue weighted by Gasteiger charge is -2.08. The van der Waals surface area contributed by atoms with E-state index in [9.17, 15) is 4.79 Å². The van der Waals surface area contributed by atoms with Crippen molar-refractivity contribution in [1.82, 2.24) is 4.98 Å². The van der Waals surface area contributed by atoms with Crippen LogP contribution in [0.1, 0.15) is 10.4 Å². The third kappa shape index (κ3) is 2.57. The van der Waals surface area contributed by atoms with E-state index in [1.54, 1.807) is 37.4 Å². The third-order valence-electron chi connectivity index (χ3n) is 2.26. The molecule has 0 unspecified atom stereocenters. The summed E-state index contributed by atoms with van der Waals surface area (Å²) in [6, 6.07) is 9.84. The van der Waals surface area contributed by atoms with Gasteiger partial charge in [-0.15, -0.1) is 0 Å². The number of ether oxygens (including phenoxy) is 2. The Morgan fingerprint density at radius 3 is 2.72 bits per heavy atom. The third-order valence-corrected chi connectivity index (χ3v) is 2.26. The van der Waals surface area contributed by atoms with Gasteiger partial charge in [-0.25, -0.2) is 9.78 Å². The number of nitrogens with zero attached hydrogens (tertiary/aromatic N) is 1. The lowest BCUT2D eigenvalue weighted by atomic mass is 10.2. The van der Waals surface area contributed by atoms with Crippen LogP contribution in [-0.4, -0.2) is 23.2 Å². The Morgan fingerprint density at radius 1 is 1.22 bits per heavy atom. The fourth-order valence-corrected chi connectivity index (χ4v) is 1.41. The zero-order valence-corrected chi connectivity index (χ0v) is 9.66. The number of carboxylic acid groups (broad SMARTS) is 1. The van der Waals surface area contributed by atoms with Crippen molar-refractivity contribution in [2.45, 2.75) is 0 Å². The molecule has 5 heteroatoms. The Morgan fingerprint density at radius 2 is 2.00 bits per heavy atom. The van der Waals surface area contributed by atoms with Gasteiger partial charge >= 0.3 is 5.97 Å². The molecular formula is C13H11NO4. The van der Waals surface area contributed by atoms with Crippen molar-refractivity contribution in [3.05, 3.63) is 48.2 Å². The van der Waals surface area contributed by atoms with Gasteiger partial charge in [0.05, 0.1) is 7.11 Å². The van der Waals surface area contributed by atoms with Crippen molar-refractivity contribution < 1.29 is 19.4 Å². The Kier molecular flexibility index (Phi) is 3.43. The van der Waals surface area contributed by atoms with Gasteiger partial charge in [0.2, 0.25) is 5.88 Å². The molecule has 1 aromatic heterocycles. The van der Waals surface area contributed by atoms with E-state index in [2.05, 4.69) is 4.98 Å². The SMILES string of the molecule is COc1cccc(Oc2ncccc2C(=O)O)c1. The van der Waals surface area contributed by atoms with Crippen LogP contribution in [-0.2, 0) is 0 Å². The number of pyridine rings is 1. The summed E-state index contributed by atoms with van der Waals surface area (Å²) in [5, 5.41) is 9.00. The number of benzene rings is 1. The van der Waals surface area contributed by atoms with Crippen LogP contribution in [0, 0.1) is 0 Å². The monoisotopic (exact) mass is 245 g/mol. The molecule has 0 aliphatic carbocycles. The number of aromatic nitrogens is 1. The van der Waals surface area contributed by atoms with E-state index in [4.69, 9.17) is 14.6 Å². The van der Waals surface area contributed by atoms with Gasteiger partial charge in [-0.05, 0) is 24.3 Å². The van der Waals surface area contributed by atoms with Gasteiger partial charge in [-0.1, -0.05) is 6.07 Å². The molecule has 2 aromatic rings. The number of rotatable bonds is 4. The van der Waals surface area contributed by atoms with Gasteiger partial charge in [0.15, 0.2) is 0 Å². The molecule has 0 spiro atoms. The van der Waals surface area contributed by atoms with Crippen LogP contribution >= 0.6 is 0 Å². The molecular weight excluding hydrogens is 234 g/mol. The minimum Gasteiger partial charge on any atom is -0.497 e. The van der Waals surface area contributed by atoms with Crippen LogP contribution in [0.5, 0.6) is 17.4 Å². The summed E-state index contributed by atoms with van der Waals surface area (Å²) in [7, 11) is 1.54. The highest BCUT2D eigenvalue weighted by atomic mass is 16.5. The normalized spacial score (nSPS) is 9.83. The van der Waals surface area contributed by atoms with Crippen molar-refractivity contribution in [3.63, 3.8) is 0 Å². The van der Waals surface area contributed by atoms with Crippen LogP contribution in [0.2, 0.25) is 0 Å². The van der Waals surface area contributed by atoms with Crippen LogP contribution < -0.4 is 9.47 Å². The summed E-state index contributed by atoms with van der Waals surface area (Å²) >= 11 is 0. The maximum absolute atomic E-state index is 11.0. The summed E-state index contributed by atoms with van der Waals surface area (Å²) in [6.07, 6.45) is 1.47.